The average molecular weight is 266 g/mol. The van der Waals surface area contributed by atoms with E-state index < -0.39 is 0 Å². The monoisotopic (exact) mass is 265 g/mol. The van der Waals surface area contributed by atoms with E-state index in [1.54, 1.807) is 0 Å². The highest BCUT2D eigenvalue weighted by Crippen LogP contribution is 2.28. The number of hydrogen-bond acceptors (Lipinski definition) is 2. The zero-order chi connectivity index (χ0) is 11.7. The number of nitrogens with zero attached hydrogens (tertiary/aromatic N) is 1. The van der Waals surface area contributed by atoms with E-state index in [0.717, 1.165) is 19.0 Å². The number of likely N-dealkylation sites (tertiary alicyclic amines) is 1. The smallest absolute Gasteiger partial charge is 0.0346 e. The summed E-state index contributed by atoms with van der Waals surface area (Å²) in [5, 5.41) is 3.73. The predicted octanol–water partition coefficient (Wildman–Crippen LogP) is 3.96. The van der Waals surface area contributed by atoms with Crippen molar-refractivity contribution < 1.29 is 0 Å². The molecule has 1 aromatic heterocycles. The molecule has 1 nitrogen and oxygen atoms in total. The molecule has 1 saturated heterocycles. The zero-order valence-electron chi connectivity index (χ0n) is 9.73. The number of halogens is 1. The van der Waals surface area contributed by atoms with Gasteiger partial charge in [0.2, 0.25) is 0 Å². The fraction of sp³-hybridized carbons (Fsp3) is 0.429. The van der Waals surface area contributed by atoms with Gasteiger partial charge in [-0.2, -0.15) is 0 Å². The first-order chi connectivity index (χ1) is 8.36. The minimum Gasteiger partial charge on any atom is -0.299 e. The molecule has 0 spiro atoms. The lowest BCUT2D eigenvalue weighted by atomic mass is 10.1. The lowest BCUT2D eigenvalue weighted by Crippen LogP contribution is -2.20. The van der Waals surface area contributed by atoms with Crippen LogP contribution in [0.25, 0.3) is 10.1 Å². The van der Waals surface area contributed by atoms with E-state index in [9.17, 15) is 0 Å². The molecule has 0 amide bonds. The molecule has 1 aliphatic rings. The molecule has 17 heavy (non-hydrogen) atoms. The van der Waals surface area contributed by atoms with Crippen molar-refractivity contribution in [2.45, 2.75) is 13.0 Å². The maximum absolute atomic E-state index is 5.93. The van der Waals surface area contributed by atoms with Crippen molar-refractivity contribution in [3.8, 4) is 0 Å². The Morgan fingerprint density at radius 1 is 1.35 bits per heavy atom. The normalized spacial score (nSPS) is 21.4. The van der Waals surface area contributed by atoms with E-state index >= 15 is 0 Å². The Hall–Kier alpha value is -0.570. The van der Waals surface area contributed by atoms with E-state index in [1.807, 2.05) is 11.3 Å². The van der Waals surface area contributed by atoms with Crippen molar-refractivity contribution in [2.24, 2.45) is 5.92 Å². The van der Waals surface area contributed by atoms with E-state index in [1.165, 1.54) is 28.6 Å². The van der Waals surface area contributed by atoms with Gasteiger partial charge in [0.05, 0.1) is 0 Å². The molecule has 0 bridgehead atoms. The number of thiophene rings is 1. The summed E-state index contributed by atoms with van der Waals surface area (Å²) >= 11 is 7.78. The standard InChI is InChI=1S/C14H16ClNS/c15-7-11-5-6-16(8-11)9-12-10-17-14-4-2-1-3-13(12)14/h1-4,10-11H,5-9H2. The topological polar surface area (TPSA) is 3.24 Å². The summed E-state index contributed by atoms with van der Waals surface area (Å²) in [5.41, 5.74) is 1.47. The predicted molar refractivity (Wildman–Crippen MR) is 75.9 cm³/mol. The highest BCUT2D eigenvalue weighted by molar-refractivity contribution is 7.17. The first-order valence-corrected chi connectivity index (χ1v) is 7.51. The molecule has 90 valence electrons. The Balaban J connectivity index is 1.77. The summed E-state index contributed by atoms with van der Waals surface area (Å²) < 4.78 is 1.40. The number of hydrogen-bond donors (Lipinski definition) is 0. The van der Waals surface area contributed by atoms with Gasteiger partial charge in [0.25, 0.3) is 0 Å². The minimum absolute atomic E-state index is 0.696. The van der Waals surface area contributed by atoms with E-state index in [4.69, 9.17) is 11.6 Å². The van der Waals surface area contributed by atoms with Crippen LogP contribution < -0.4 is 0 Å². The van der Waals surface area contributed by atoms with Gasteiger partial charge in [0.15, 0.2) is 0 Å². The number of benzene rings is 1. The highest BCUT2D eigenvalue weighted by atomic mass is 35.5. The van der Waals surface area contributed by atoms with Crippen molar-refractivity contribution in [2.75, 3.05) is 19.0 Å². The van der Waals surface area contributed by atoms with Crippen LogP contribution in [-0.2, 0) is 6.54 Å². The van der Waals surface area contributed by atoms with Gasteiger partial charge in [-0.15, -0.1) is 22.9 Å². The molecule has 0 aliphatic carbocycles. The van der Waals surface area contributed by atoms with Crippen LogP contribution in [0.1, 0.15) is 12.0 Å². The molecule has 0 radical (unpaired) electrons. The minimum atomic E-state index is 0.696. The lowest BCUT2D eigenvalue weighted by molar-refractivity contribution is 0.322. The van der Waals surface area contributed by atoms with E-state index in [0.29, 0.717) is 5.92 Å². The summed E-state index contributed by atoms with van der Waals surface area (Å²) in [4.78, 5) is 2.53. The molecule has 0 N–H and O–H groups in total. The van der Waals surface area contributed by atoms with Crippen LogP contribution in [0.4, 0.5) is 0 Å². The van der Waals surface area contributed by atoms with Gasteiger partial charge >= 0.3 is 0 Å². The summed E-state index contributed by atoms with van der Waals surface area (Å²) in [6.45, 7) is 3.44. The Morgan fingerprint density at radius 3 is 3.06 bits per heavy atom. The molecule has 2 heterocycles. The molecule has 1 unspecified atom stereocenters. The van der Waals surface area contributed by atoms with Crippen LogP contribution in [0.5, 0.6) is 0 Å². The summed E-state index contributed by atoms with van der Waals surface area (Å²) in [7, 11) is 0. The Labute approximate surface area is 111 Å². The SMILES string of the molecule is ClCC1CCN(Cc2csc3ccccc23)C1. The molecule has 1 aliphatic heterocycles. The fourth-order valence-electron chi connectivity index (χ4n) is 2.58. The molecule has 3 heteroatoms. The van der Waals surface area contributed by atoms with Crippen molar-refractivity contribution in [3.63, 3.8) is 0 Å². The van der Waals surface area contributed by atoms with Gasteiger partial charge in [-0.3, -0.25) is 4.90 Å². The fourth-order valence-corrected chi connectivity index (χ4v) is 3.78. The Kier molecular flexibility index (Phi) is 3.37. The summed E-state index contributed by atoms with van der Waals surface area (Å²) in [5.74, 6) is 1.50. The van der Waals surface area contributed by atoms with Gasteiger partial charge < -0.3 is 0 Å². The third-order valence-electron chi connectivity index (χ3n) is 3.54. The second kappa shape index (κ2) is 4.97. The van der Waals surface area contributed by atoms with Crippen LogP contribution in [0.3, 0.4) is 0 Å². The summed E-state index contributed by atoms with van der Waals surface area (Å²) in [6, 6.07) is 8.68. The third kappa shape index (κ3) is 2.35. The maximum atomic E-state index is 5.93. The van der Waals surface area contributed by atoms with Crippen LogP contribution in [-0.4, -0.2) is 23.9 Å². The van der Waals surface area contributed by atoms with E-state index in [-0.39, 0.29) is 0 Å². The van der Waals surface area contributed by atoms with Crippen LogP contribution in [0.15, 0.2) is 29.6 Å². The van der Waals surface area contributed by atoms with Crippen molar-refractivity contribution >= 4 is 33.0 Å². The summed E-state index contributed by atoms with van der Waals surface area (Å²) in [6.07, 6.45) is 1.26. The third-order valence-corrected chi connectivity index (χ3v) is 4.99. The van der Waals surface area contributed by atoms with Crippen LogP contribution in [0.2, 0.25) is 0 Å². The maximum Gasteiger partial charge on any atom is 0.0346 e. The van der Waals surface area contributed by atoms with Crippen molar-refractivity contribution in [3.05, 3.63) is 35.2 Å². The molecule has 1 fully saturated rings. The van der Waals surface area contributed by atoms with Crippen LogP contribution >= 0.6 is 22.9 Å². The van der Waals surface area contributed by atoms with Crippen molar-refractivity contribution in [1.82, 2.24) is 4.90 Å². The molecule has 1 aromatic carbocycles. The lowest BCUT2D eigenvalue weighted by Gasteiger charge is -2.14. The van der Waals surface area contributed by atoms with E-state index in [2.05, 4.69) is 34.5 Å². The largest absolute Gasteiger partial charge is 0.299 e. The van der Waals surface area contributed by atoms with Gasteiger partial charge in [-0.1, -0.05) is 18.2 Å². The Morgan fingerprint density at radius 2 is 2.24 bits per heavy atom. The van der Waals surface area contributed by atoms with Crippen molar-refractivity contribution in [1.29, 1.82) is 0 Å². The highest BCUT2D eigenvalue weighted by Gasteiger charge is 2.22. The molecule has 0 saturated carbocycles. The first kappa shape index (κ1) is 11.5. The van der Waals surface area contributed by atoms with Gasteiger partial charge in [0, 0.05) is 23.7 Å². The molecule has 1 atom stereocenters. The molecule has 2 aromatic rings. The average Bonchev–Trinajstić information content (AvgIpc) is 2.97. The second-order valence-corrected chi connectivity index (χ2v) is 6.02. The quantitative estimate of drug-likeness (QED) is 0.760. The second-order valence-electron chi connectivity index (χ2n) is 4.80. The molecular weight excluding hydrogens is 250 g/mol. The van der Waals surface area contributed by atoms with Gasteiger partial charge in [-0.25, -0.2) is 0 Å². The number of fused-ring (bicyclic) bond motifs is 1. The molecular formula is C14H16ClNS. The number of alkyl halides is 1. The Bertz CT molecular complexity index is 508. The van der Waals surface area contributed by atoms with Gasteiger partial charge in [-0.05, 0) is 41.3 Å². The molecule has 3 rings (SSSR count). The first-order valence-electron chi connectivity index (χ1n) is 6.10. The number of rotatable bonds is 3. The zero-order valence-corrected chi connectivity index (χ0v) is 11.3. The van der Waals surface area contributed by atoms with Crippen LogP contribution in [0, 0.1) is 5.92 Å². The van der Waals surface area contributed by atoms with Gasteiger partial charge in [0.1, 0.15) is 0 Å².